The molecule has 0 bridgehead atoms. The van der Waals surface area contributed by atoms with Crippen LogP contribution in [-0.4, -0.2) is 29.9 Å². The van der Waals surface area contributed by atoms with Gasteiger partial charge in [-0.05, 0) is 56.6 Å². The van der Waals surface area contributed by atoms with E-state index in [2.05, 4.69) is 20.8 Å². The number of carbonyl (C=O) groups is 1. The molecule has 0 aromatic carbocycles. The lowest BCUT2D eigenvalue weighted by Crippen LogP contribution is -2.37. The molecule has 1 rings (SSSR count). The number of esters is 1. The first-order valence-corrected chi connectivity index (χ1v) is 8.83. The van der Waals surface area contributed by atoms with Gasteiger partial charge in [0.15, 0.2) is 6.61 Å². The Balaban J connectivity index is 2.48. The zero-order valence-corrected chi connectivity index (χ0v) is 14.8. The zero-order chi connectivity index (χ0) is 17.1. The number of aliphatic hydroxyl groups excluding tert-OH is 1. The van der Waals surface area contributed by atoms with E-state index in [-0.39, 0.29) is 24.8 Å². The Morgan fingerprint density at radius 1 is 1.26 bits per heavy atom. The van der Waals surface area contributed by atoms with Gasteiger partial charge in [0.1, 0.15) is 11.4 Å². The van der Waals surface area contributed by atoms with Crippen LogP contribution in [0.4, 0.5) is 0 Å². The first kappa shape index (κ1) is 19.8. The van der Waals surface area contributed by atoms with Gasteiger partial charge in [-0.25, -0.2) is 4.79 Å². The Hall–Kier alpha value is -1.29. The van der Waals surface area contributed by atoms with Gasteiger partial charge >= 0.3 is 5.97 Å². The van der Waals surface area contributed by atoms with E-state index in [9.17, 15) is 4.79 Å². The Morgan fingerprint density at radius 2 is 1.96 bits per heavy atom. The van der Waals surface area contributed by atoms with Gasteiger partial charge in [-0.15, -0.1) is 0 Å². The maximum atomic E-state index is 12.1. The molecule has 0 aromatic heterocycles. The van der Waals surface area contributed by atoms with E-state index in [0.717, 1.165) is 38.5 Å². The molecule has 23 heavy (non-hydrogen) atoms. The van der Waals surface area contributed by atoms with Crippen LogP contribution in [0.25, 0.3) is 0 Å². The van der Waals surface area contributed by atoms with Crippen LogP contribution in [-0.2, 0) is 14.3 Å². The fraction of sp³-hybridized carbons (Fsp3) is 0.737. The lowest BCUT2D eigenvalue weighted by molar-refractivity contribution is -0.167. The second-order valence-corrected chi connectivity index (χ2v) is 6.68. The van der Waals surface area contributed by atoms with Crippen LogP contribution in [0.15, 0.2) is 24.0 Å². The summed E-state index contributed by atoms with van der Waals surface area (Å²) in [4.78, 5) is 12.1. The number of rotatable bonds is 9. The second kappa shape index (κ2) is 10.5. The summed E-state index contributed by atoms with van der Waals surface area (Å²) in [5.41, 5.74) is -0.299. The van der Waals surface area contributed by atoms with E-state index in [1.807, 2.05) is 6.08 Å². The van der Waals surface area contributed by atoms with E-state index < -0.39 is 0 Å². The van der Waals surface area contributed by atoms with Gasteiger partial charge in [-0.3, -0.25) is 0 Å². The standard InChI is InChI=1S/C19H32O4/c1-4-19(12-6-5-7-13-19)23-18(21)15-22-17(11-14-20)10-8-9-16(2)3/h8,10-11,16,20H,4-7,9,12-15H2,1-3H3/b10-8-,17-11+. The third-order valence-electron chi connectivity index (χ3n) is 4.28. The molecule has 1 aliphatic carbocycles. The van der Waals surface area contributed by atoms with E-state index in [1.165, 1.54) is 6.42 Å². The first-order chi connectivity index (χ1) is 11.0. The quantitative estimate of drug-likeness (QED) is 0.393. The molecule has 0 radical (unpaired) electrons. The van der Waals surface area contributed by atoms with Crippen molar-refractivity contribution < 1.29 is 19.4 Å². The highest BCUT2D eigenvalue weighted by molar-refractivity contribution is 5.71. The van der Waals surface area contributed by atoms with Gasteiger partial charge in [-0.2, -0.15) is 0 Å². The number of aliphatic hydroxyl groups is 1. The Bertz CT molecular complexity index is 404. The third kappa shape index (κ3) is 7.69. The third-order valence-corrected chi connectivity index (χ3v) is 4.28. The maximum Gasteiger partial charge on any atom is 0.344 e. The fourth-order valence-electron chi connectivity index (χ4n) is 2.86. The van der Waals surface area contributed by atoms with Crippen molar-refractivity contribution in [3.8, 4) is 0 Å². The van der Waals surface area contributed by atoms with Crippen molar-refractivity contribution in [3.63, 3.8) is 0 Å². The molecule has 0 unspecified atom stereocenters. The van der Waals surface area contributed by atoms with Crippen LogP contribution in [0.3, 0.4) is 0 Å². The summed E-state index contributed by atoms with van der Waals surface area (Å²) >= 11 is 0. The van der Waals surface area contributed by atoms with Gasteiger partial charge < -0.3 is 14.6 Å². The molecule has 0 saturated heterocycles. The van der Waals surface area contributed by atoms with Crippen LogP contribution in [0.5, 0.6) is 0 Å². The molecule has 0 atom stereocenters. The lowest BCUT2D eigenvalue weighted by Gasteiger charge is -2.35. The predicted molar refractivity (Wildman–Crippen MR) is 91.9 cm³/mol. The summed E-state index contributed by atoms with van der Waals surface area (Å²) in [5.74, 6) is 0.747. The topological polar surface area (TPSA) is 55.8 Å². The average molecular weight is 324 g/mol. The zero-order valence-electron chi connectivity index (χ0n) is 14.8. The molecule has 0 aromatic rings. The molecule has 1 saturated carbocycles. The van der Waals surface area contributed by atoms with Crippen molar-refractivity contribution in [2.45, 2.75) is 71.3 Å². The monoisotopic (exact) mass is 324 g/mol. The van der Waals surface area contributed by atoms with Crippen LogP contribution in [0.2, 0.25) is 0 Å². The first-order valence-electron chi connectivity index (χ1n) is 8.83. The van der Waals surface area contributed by atoms with Crippen molar-refractivity contribution >= 4 is 5.97 Å². The van der Waals surface area contributed by atoms with Crippen molar-refractivity contribution in [3.05, 3.63) is 24.0 Å². The lowest BCUT2D eigenvalue weighted by atomic mass is 9.83. The van der Waals surface area contributed by atoms with Crippen molar-refractivity contribution in [2.75, 3.05) is 13.2 Å². The Labute approximate surface area is 140 Å². The highest BCUT2D eigenvalue weighted by Crippen LogP contribution is 2.34. The Morgan fingerprint density at radius 3 is 2.52 bits per heavy atom. The highest BCUT2D eigenvalue weighted by Gasteiger charge is 2.34. The van der Waals surface area contributed by atoms with Crippen molar-refractivity contribution in [1.82, 2.24) is 0 Å². The van der Waals surface area contributed by atoms with Gasteiger partial charge in [0.2, 0.25) is 0 Å². The molecule has 0 aliphatic heterocycles. The van der Waals surface area contributed by atoms with Crippen molar-refractivity contribution in [1.29, 1.82) is 0 Å². The molecule has 1 aliphatic rings. The molecule has 4 heteroatoms. The van der Waals surface area contributed by atoms with E-state index in [1.54, 1.807) is 12.2 Å². The molecule has 1 fully saturated rings. The van der Waals surface area contributed by atoms with E-state index in [4.69, 9.17) is 14.6 Å². The summed E-state index contributed by atoms with van der Waals surface area (Å²) < 4.78 is 11.2. The normalized spacial score (nSPS) is 18.4. The summed E-state index contributed by atoms with van der Waals surface area (Å²) in [7, 11) is 0. The minimum Gasteiger partial charge on any atom is -0.482 e. The van der Waals surface area contributed by atoms with Gasteiger partial charge in [0.25, 0.3) is 0 Å². The smallest absolute Gasteiger partial charge is 0.344 e. The summed E-state index contributed by atoms with van der Waals surface area (Å²) in [6, 6.07) is 0. The molecule has 0 spiro atoms. The van der Waals surface area contributed by atoms with Gasteiger partial charge in [0.05, 0.1) is 6.61 Å². The Kier molecular flexibility index (Phi) is 9.00. The van der Waals surface area contributed by atoms with Crippen LogP contribution in [0.1, 0.15) is 65.7 Å². The molecule has 0 heterocycles. The van der Waals surface area contributed by atoms with E-state index in [0.29, 0.717) is 11.7 Å². The number of allylic oxidation sites excluding steroid dienone is 2. The molecule has 4 nitrogen and oxygen atoms in total. The molecule has 0 amide bonds. The summed E-state index contributed by atoms with van der Waals surface area (Å²) in [5, 5.41) is 9.04. The number of hydrogen-bond donors (Lipinski definition) is 1. The predicted octanol–water partition coefficient (Wildman–Crippen LogP) is 4.14. The summed E-state index contributed by atoms with van der Waals surface area (Å²) in [6.07, 6.45) is 12.5. The second-order valence-electron chi connectivity index (χ2n) is 6.68. The fourth-order valence-corrected chi connectivity index (χ4v) is 2.86. The highest BCUT2D eigenvalue weighted by atomic mass is 16.6. The minimum absolute atomic E-state index is 0.112. The number of carbonyl (C=O) groups excluding carboxylic acids is 1. The van der Waals surface area contributed by atoms with Crippen LogP contribution < -0.4 is 0 Å². The maximum absolute atomic E-state index is 12.1. The van der Waals surface area contributed by atoms with Gasteiger partial charge in [0, 0.05) is 0 Å². The summed E-state index contributed by atoms with van der Waals surface area (Å²) in [6.45, 7) is 6.11. The van der Waals surface area contributed by atoms with Crippen LogP contribution in [0, 0.1) is 5.92 Å². The molecule has 132 valence electrons. The van der Waals surface area contributed by atoms with Gasteiger partial charge in [-0.1, -0.05) is 33.3 Å². The molecular formula is C19H32O4. The van der Waals surface area contributed by atoms with E-state index >= 15 is 0 Å². The largest absolute Gasteiger partial charge is 0.482 e. The average Bonchev–Trinajstić information content (AvgIpc) is 2.53. The van der Waals surface area contributed by atoms with Crippen LogP contribution >= 0.6 is 0 Å². The SMILES string of the molecule is CCC1(OC(=O)COC(/C=C\CC(C)C)=C/CO)CCCCC1. The number of hydrogen-bond acceptors (Lipinski definition) is 4. The minimum atomic E-state index is -0.324. The van der Waals surface area contributed by atoms with Crippen molar-refractivity contribution in [2.24, 2.45) is 5.92 Å². The molecule has 1 N–H and O–H groups in total. The number of ether oxygens (including phenoxy) is 2. The molecular weight excluding hydrogens is 292 g/mol.